The van der Waals surface area contributed by atoms with Gasteiger partial charge >= 0.3 is 0 Å². The topological polar surface area (TPSA) is 21.1 Å². The maximum Gasteiger partial charge on any atom is 0.206 e. The van der Waals surface area contributed by atoms with Crippen LogP contribution in [0, 0.1) is 0 Å². The fourth-order valence-corrected chi connectivity index (χ4v) is 1.86. The van der Waals surface area contributed by atoms with Crippen molar-refractivity contribution in [2.45, 2.75) is 13.0 Å². The summed E-state index contributed by atoms with van der Waals surface area (Å²) in [6, 6.07) is 0. The average molecular weight is 216 g/mol. The SMILES string of the molecule is CN1CCCn2c(Br)cnc21. The van der Waals surface area contributed by atoms with Crippen molar-refractivity contribution < 1.29 is 0 Å². The predicted molar refractivity (Wildman–Crippen MR) is 47.8 cm³/mol. The zero-order valence-electron chi connectivity index (χ0n) is 6.42. The summed E-state index contributed by atoms with van der Waals surface area (Å²) in [5.41, 5.74) is 0. The van der Waals surface area contributed by atoms with E-state index in [1.165, 1.54) is 6.42 Å². The molecule has 0 amide bonds. The molecular formula is C7H10BrN3. The third-order valence-electron chi connectivity index (χ3n) is 2.00. The van der Waals surface area contributed by atoms with E-state index >= 15 is 0 Å². The summed E-state index contributed by atoms with van der Waals surface area (Å²) in [7, 11) is 2.07. The first-order chi connectivity index (χ1) is 5.29. The third kappa shape index (κ3) is 1.05. The van der Waals surface area contributed by atoms with Crippen molar-refractivity contribution in [2.75, 3.05) is 18.5 Å². The van der Waals surface area contributed by atoms with Gasteiger partial charge in [0.25, 0.3) is 0 Å². The first kappa shape index (κ1) is 7.16. The highest BCUT2D eigenvalue weighted by Crippen LogP contribution is 2.22. The highest BCUT2D eigenvalue weighted by molar-refractivity contribution is 9.10. The minimum atomic E-state index is 1.07. The smallest absolute Gasteiger partial charge is 0.206 e. The Morgan fingerprint density at radius 2 is 2.36 bits per heavy atom. The molecule has 60 valence electrons. The van der Waals surface area contributed by atoms with Gasteiger partial charge in [-0.15, -0.1) is 0 Å². The van der Waals surface area contributed by atoms with Crippen LogP contribution in [0.3, 0.4) is 0 Å². The first-order valence-corrected chi connectivity index (χ1v) is 4.50. The maximum atomic E-state index is 4.28. The van der Waals surface area contributed by atoms with Crippen LogP contribution < -0.4 is 4.90 Å². The van der Waals surface area contributed by atoms with Crippen LogP contribution in [0.2, 0.25) is 0 Å². The van der Waals surface area contributed by atoms with E-state index in [9.17, 15) is 0 Å². The molecule has 0 saturated carbocycles. The van der Waals surface area contributed by atoms with E-state index in [2.05, 4.69) is 37.4 Å². The molecule has 0 aromatic carbocycles. The number of fused-ring (bicyclic) bond motifs is 1. The monoisotopic (exact) mass is 215 g/mol. The molecule has 0 N–H and O–H groups in total. The van der Waals surface area contributed by atoms with E-state index in [-0.39, 0.29) is 0 Å². The van der Waals surface area contributed by atoms with Gasteiger partial charge in [-0.25, -0.2) is 4.98 Å². The van der Waals surface area contributed by atoms with Gasteiger partial charge in [0.2, 0.25) is 5.95 Å². The highest BCUT2D eigenvalue weighted by atomic mass is 79.9. The van der Waals surface area contributed by atoms with Crippen molar-refractivity contribution in [2.24, 2.45) is 0 Å². The van der Waals surface area contributed by atoms with Gasteiger partial charge in [0.15, 0.2) is 0 Å². The molecule has 0 atom stereocenters. The summed E-state index contributed by atoms with van der Waals surface area (Å²) in [5, 5.41) is 0. The van der Waals surface area contributed by atoms with Crippen molar-refractivity contribution >= 4 is 21.9 Å². The van der Waals surface area contributed by atoms with Crippen LogP contribution in [0.4, 0.5) is 5.95 Å². The quantitative estimate of drug-likeness (QED) is 0.655. The molecule has 0 fully saturated rings. The van der Waals surface area contributed by atoms with Crippen LogP contribution in [0.1, 0.15) is 6.42 Å². The summed E-state index contributed by atoms with van der Waals surface area (Å²) in [6.07, 6.45) is 3.07. The molecule has 2 rings (SSSR count). The zero-order chi connectivity index (χ0) is 7.84. The van der Waals surface area contributed by atoms with Crippen LogP contribution in [0.25, 0.3) is 0 Å². The van der Waals surface area contributed by atoms with Crippen LogP contribution >= 0.6 is 15.9 Å². The van der Waals surface area contributed by atoms with E-state index in [0.29, 0.717) is 0 Å². The molecule has 2 heterocycles. The van der Waals surface area contributed by atoms with Gasteiger partial charge in [0, 0.05) is 20.1 Å². The molecular weight excluding hydrogens is 206 g/mol. The van der Waals surface area contributed by atoms with Crippen molar-refractivity contribution in [1.29, 1.82) is 0 Å². The molecule has 0 bridgehead atoms. The van der Waals surface area contributed by atoms with Crippen LogP contribution in [0.15, 0.2) is 10.8 Å². The molecule has 0 spiro atoms. The normalized spacial score (nSPS) is 16.7. The number of hydrogen-bond donors (Lipinski definition) is 0. The highest BCUT2D eigenvalue weighted by Gasteiger charge is 2.15. The molecule has 0 saturated heterocycles. The maximum absolute atomic E-state index is 4.28. The lowest BCUT2D eigenvalue weighted by atomic mass is 10.3. The second kappa shape index (κ2) is 2.52. The summed E-state index contributed by atoms with van der Waals surface area (Å²) >= 11 is 3.45. The number of anilines is 1. The van der Waals surface area contributed by atoms with Gasteiger partial charge in [-0.3, -0.25) is 0 Å². The Balaban J connectivity index is 2.46. The molecule has 0 unspecified atom stereocenters. The van der Waals surface area contributed by atoms with E-state index in [1.54, 1.807) is 0 Å². The molecule has 1 aliphatic rings. The van der Waals surface area contributed by atoms with Gasteiger partial charge in [-0.05, 0) is 22.4 Å². The molecule has 1 aromatic rings. The van der Waals surface area contributed by atoms with Crippen LogP contribution in [-0.2, 0) is 6.54 Å². The number of aromatic nitrogens is 2. The summed E-state index contributed by atoms with van der Waals surface area (Å²) in [5.74, 6) is 1.07. The lowest BCUT2D eigenvalue weighted by Crippen LogP contribution is -2.28. The average Bonchev–Trinajstić information content (AvgIpc) is 2.35. The molecule has 1 aliphatic heterocycles. The zero-order valence-corrected chi connectivity index (χ0v) is 8.00. The fraction of sp³-hybridized carbons (Fsp3) is 0.571. The number of nitrogens with zero attached hydrogens (tertiary/aromatic N) is 3. The lowest BCUT2D eigenvalue weighted by molar-refractivity contribution is 0.572. The third-order valence-corrected chi connectivity index (χ3v) is 2.64. The summed E-state index contributed by atoms with van der Waals surface area (Å²) < 4.78 is 3.27. The molecule has 0 radical (unpaired) electrons. The van der Waals surface area contributed by atoms with Crippen molar-refractivity contribution in [3.63, 3.8) is 0 Å². The molecule has 0 aliphatic carbocycles. The Hall–Kier alpha value is -0.510. The Kier molecular flexibility index (Phi) is 1.64. The molecule has 1 aromatic heterocycles. The van der Waals surface area contributed by atoms with Gasteiger partial charge in [-0.1, -0.05) is 0 Å². The lowest BCUT2D eigenvalue weighted by Gasteiger charge is -2.25. The second-order valence-corrected chi connectivity index (χ2v) is 3.62. The number of imidazole rings is 1. The van der Waals surface area contributed by atoms with Crippen molar-refractivity contribution in [3.05, 3.63) is 10.8 Å². The molecule has 3 nitrogen and oxygen atoms in total. The molecule has 4 heteroatoms. The first-order valence-electron chi connectivity index (χ1n) is 3.71. The van der Waals surface area contributed by atoms with Crippen molar-refractivity contribution in [3.8, 4) is 0 Å². The van der Waals surface area contributed by atoms with Crippen LogP contribution in [0.5, 0.6) is 0 Å². The Labute approximate surface area is 74.2 Å². The second-order valence-electron chi connectivity index (χ2n) is 2.81. The molecule has 11 heavy (non-hydrogen) atoms. The fourth-order valence-electron chi connectivity index (χ4n) is 1.42. The Bertz CT molecular complexity index is 269. The minimum Gasteiger partial charge on any atom is -0.345 e. The van der Waals surface area contributed by atoms with Gasteiger partial charge in [-0.2, -0.15) is 0 Å². The number of halogens is 1. The predicted octanol–water partition coefficient (Wildman–Crippen LogP) is 1.49. The van der Waals surface area contributed by atoms with Crippen LogP contribution in [-0.4, -0.2) is 23.1 Å². The van der Waals surface area contributed by atoms with Gasteiger partial charge < -0.3 is 9.47 Å². The largest absolute Gasteiger partial charge is 0.345 e. The summed E-state index contributed by atoms with van der Waals surface area (Å²) in [6.45, 7) is 2.20. The van der Waals surface area contributed by atoms with Gasteiger partial charge in [0.05, 0.1) is 6.20 Å². The Morgan fingerprint density at radius 3 is 3.09 bits per heavy atom. The van der Waals surface area contributed by atoms with E-state index in [0.717, 1.165) is 23.6 Å². The Morgan fingerprint density at radius 1 is 1.55 bits per heavy atom. The summed E-state index contributed by atoms with van der Waals surface area (Å²) in [4.78, 5) is 6.45. The number of hydrogen-bond acceptors (Lipinski definition) is 2. The van der Waals surface area contributed by atoms with Crippen molar-refractivity contribution in [1.82, 2.24) is 9.55 Å². The standard InChI is InChI=1S/C7H10BrN3/c1-10-3-2-4-11-6(8)5-9-7(10)11/h5H,2-4H2,1H3. The minimum absolute atomic E-state index is 1.07. The van der Waals surface area contributed by atoms with E-state index < -0.39 is 0 Å². The van der Waals surface area contributed by atoms with E-state index in [1.807, 2.05) is 6.20 Å². The number of rotatable bonds is 0. The van der Waals surface area contributed by atoms with E-state index in [4.69, 9.17) is 0 Å². The van der Waals surface area contributed by atoms with Gasteiger partial charge in [0.1, 0.15) is 4.60 Å².